The molecule has 1 N–H and O–H groups in total. The molecule has 20 heavy (non-hydrogen) atoms. The molecular formula is C19H31N. The first-order valence-corrected chi connectivity index (χ1v) is 8.55. The maximum Gasteiger partial charge on any atom is 0.0167 e. The van der Waals surface area contributed by atoms with Crippen LogP contribution in [0.5, 0.6) is 0 Å². The van der Waals surface area contributed by atoms with Gasteiger partial charge in [0.25, 0.3) is 0 Å². The summed E-state index contributed by atoms with van der Waals surface area (Å²) in [4.78, 5) is 0. The number of hydrogen-bond acceptors (Lipinski definition) is 1. The monoisotopic (exact) mass is 273 g/mol. The van der Waals surface area contributed by atoms with Crippen LogP contribution >= 0.6 is 0 Å². The lowest BCUT2D eigenvalue weighted by Gasteiger charge is -2.31. The number of benzene rings is 1. The molecule has 0 amide bonds. The molecular weight excluding hydrogens is 242 g/mol. The van der Waals surface area contributed by atoms with E-state index >= 15 is 0 Å². The lowest BCUT2D eigenvalue weighted by molar-refractivity contribution is 0.316. The molecule has 1 unspecified atom stereocenters. The van der Waals surface area contributed by atoms with Gasteiger partial charge in [0, 0.05) is 11.5 Å². The average Bonchev–Trinajstić information content (AvgIpc) is 3.30. The first kappa shape index (κ1) is 15.6. The van der Waals surface area contributed by atoms with Crippen LogP contribution in [0.25, 0.3) is 0 Å². The average molecular weight is 273 g/mol. The van der Waals surface area contributed by atoms with Crippen LogP contribution in [0.15, 0.2) is 30.3 Å². The van der Waals surface area contributed by atoms with E-state index in [1.165, 1.54) is 38.5 Å². The fourth-order valence-electron chi connectivity index (χ4n) is 3.52. The predicted octanol–water partition coefficient (Wildman–Crippen LogP) is 4.91. The summed E-state index contributed by atoms with van der Waals surface area (Å²) in [7, 11) is 0. The highest BCUT2D eigenvalue weighted by Crippen LogP contribution is 2.52. The van der Waals surface area contributed by atoms with Gasteiger partial charge in [0.15, 0.2) is 0 Å². The van der Waals surface area contributed by atoms with Crippen LogP contribution in [0, 0.1) is 5.92 Å². The quantitative estimate of drug-likeness (QED) is 0.674. The molecule has 1 atom stereocenters. The Morgan fingerprint density at radius 2 is 1.70 bits per heavy atom. The zero-order valence-electron chi connectivity index (χ0n) is 13.5. The van der Waals surface area contributed by atoms with Crippen LogP contribution < -0.4 is 5.32 Å². The SMILES string of the molecule is CCCNC(CC(CC)CC)C1(c2ccccc2)CC1. The van der Waals surface area contributed by atoms with Crippen molar-refractivity contribution in [3.8, 4) is 0 Å². The van der Waals surface area contributed by atoms with Gasteiger partial charge in [-0.1, -0.05) is 63.9 Å². The first-order chi connectivity index (χ1) is 9.76. The highest BCUT2D eigenvalue weighted by Gasteiger charge is 2.50. The smallest absolute Gasteiger partial charge is 0.0167 e. The standard InChI is InChI=1S/C19H31N/c1-4-14-20-18(15-16(5-2)6-3)19(12-13-19)17-10-8-7-9-11-17/h7-11,16,18,20H,4-6,12-15H2,1-3H3. The Morgan fingerprint density at radius 3 is 2.20 bits per heavy atom. The summed E-state index contributed by atoms with van der Waals surface area (Å²) in [6.07, 6.45) is 7.90. The molecule has 2 rings (SSSR count). The van der Waals surface area contributed by atoms with Gasteiger partial charge >= 0.3 is 0 Å². The van der Waals surface area contributed by atoms with E-state index in [1.54, 1.807) is 5.56 Å². The third-order valence-electron chi connectivity index (χ3n) is 5.17. The van der Waals surface area contributed by atoms with E-state index in [0.29, 0.717) is 11.5 Å². The van der Waals surface area contributed by atoms with Gasteiger partial charge in [-0.05, 0) is 43.7 Å². The molecule has 112 valence electrons. The second-order valence-electron chi connectivity index (χ2n) is 6.45. The number of rotatable bonds is 9. The molecule has 1 aromatic rings. The second-order valence-corrected chi connectivity index (χ2v) is 6.45. The fraction of sp³-hybridized carbons (Fsp3) is 0.684. The molecule has 0 aromatic heterocycles. The van der Waals surface area contributed by atoms with Crippen LogP contribution in [0.2, 0.25) is 0 Å². The minimum absolute atomic E-state index is 0.430. The summed E-state index contributed by atoms with van der Waals surface area (Å²) < 4.78 is 0. The molecule has 0 bridgehead atoms. The van der Waals surface area contributed by atoms with Gasteiger partial charge in [0.1, 0.15) is 0 Å². The zero-order valence-corrected chi connectivity index (χ0v) is 13.5. The van der Waals surface area contributed by atoms with Crippen LogP contribution in [0.1, 0.15) is 64.9 Å². The Morgan fingerprint density at radius 1 is 1.05 bits per heavy atom. The maximum absolute atomic E-state index is 3.87. The summed E-state index contributed by atoms with van der Waals surface area (Å²) in [6.45, 7) is 8.10. The second kappa shape index (κ2) is 7.26. The van der Waals surface area contributed by atoms with Crippen LogP contribution in [-0.4, -0.2) is 12.6 Å². The summed E-state index contributed by atoms with van der Waals surface area (Å²) >= 11 is 0. The first-order valence-electron chi connectivity index (χ1n) is 8.55. The summed E-state index contributed by atoms with van der Waals surface area (Å²) in [5.41, 5.74) is 1.98. The lowest BCUT2D eigenvalue weighted by atomic mass is 9.81. The summed E-state index contributed by atoms with van der Waals surface area (Å²) in [5.74, 6) is 0.866. The molecule has 1 heteroatoms. The van der Waals surface area contributed by atoms with Crippen molar-refractivity contribution in [3.63, 3.8) is 0 Å². The van der Waals surface area contributed by atoms with Crippen molar-refractivity contribution >= 4 is 0 Å². The third kappa shape index (κ3) is 3.44. The van der Waals surface area contributed by atoms with Gasteiger partial charge in [0.05, 0.1) is 0 Å². The molecule has 0 aliphatic heterocycles. The van der Waals surface area contributed by atoms with Crippen molar-refractivity contribution < 1.29 is 0 Å². The van der Waals surface area contributed by atoms with Gasteiger partial charge in [-0.15, -0.1) is 0 Å². The predicted molar refractivity (Wildman–Crippen MR) is 88.1 cm³/mol. The molecule has 1 aliphatic rings. The Balaban J connectivity index is 2.13. The summed E-state index contributed by atoms with van der Waals surface area (Å²) in [6, 6.07) is 11.9. The van der Waals surface area contributed by atoms with Gasteiger partial charge < -0.3 is 5.32 Å². The van der Waals surface area contributed by atoms with Crippen molar-refractivity contribution in [2.24, 2.45) is 5.92 Å². The molecule has 1 nitrogen and oxygen atoms in total. The Bertz CT molecular complexity index is 376. The largest absolute Gasteiger partial charge is 0.313 e. The minimum Gasteiger partial charge on any atom is -0.313 e. The van der Waals surface area contributed by atoms with Gasteiger partial charge in [-0.25, -0.2) is 0 Å². The molecule has 0 spiro atoms. The molecule has 0 radical (unpaired) electrons. The number of hydrogen-bond donors (Lipinski definition) is 1. The van der Waals surface area contributed by atoms with Crippen LogP contribution in [-0.2, 0) is 5.41 Å². The third-order valence-corrected chi connectivity index (χ3v) is 5.17. The number of nitrogens with one attached hydrogen (secondary N) is 1. The van der Waals surface area contributed by atoms with Gasteiger partial charge in [0.2, 0.25) is 0 Å². The van der Waals surface area contributed by atoms with Gasteiger partial charge in [-0.3, -0.25) is 0 Å². The van der Waals surface area contributed by atoms with Crippen molar-refractivity contribution in [1.29, 1.82) is 0 Å². The van der Waals surface area contributed by atoms with E-state index in [0.717, 1.165) is 12.5 Å². The van der Waals surface area contributed by atoms with E-state index in [4.69, 9.17) is 0 Å². The van der Waals surface area contributed by atoms with E-state index < -0.39 is 0 Å². The fourth-order valence-corrected chi connectivity index (χ4v) is 3.52. The molecule has 1 saturated carbocycles. The zero-order chi connectivity index (χ0) is 14.4. The molecule has 1 fully saturated rings. The normalized spacial score (nSPS) is 18.2. The van der Waals surface area contributed by atoms with Crippen molar-refractivity contribution in [2.75, 3.05) is 6.54 Å². The van der Waals surface area contributed by atoms with Gasteiger partial charge in [-0.2, -0.15) is 0 Å². The Kier molecular flexibility index (Phi) is 5.65. The van der Waals surface area contributed by atoms with Crippen LogP contribution in [0.3, 0.4) is 0 Å². The Hall–Kier alpha value is -0.820. The molecule has 0 saturated heterocycles. The van der Waals surface area contributed by atoms with E-state index in [2.05, 4.69) is 56.4 Å². The van der Waals surface area contributed by atoms with Crippen molar-refractivity contribution in [3.05, 3.63) is 35.9 Å². The van der Waals surface area contributed by atoms with E-state index in [9.17, 15) is 0 Å². The topological polar surface area (TPSA) is 12.0 Å². The van der Waals surface area contributed by atoms with Crippen molar-refractivity contribution in [1.82, 2.24) is 5.32 Å². The molecule has 1 aliphatic carbocycles. The molecule has 0 heterocycles. The van der Waals surface area contributed by atoms with Crippen molar-refractivity contribution in [2.45, 2.75) is 70.8 Å². The summed E-state index contributed by atoms with van der Waals surface area (Å²) in [5, 5.41) is 3.87. The Labute approximate surface area is 125 Å². The molecule has 1 aromatic carbocycles. The minimum atomic E-state index is 0.430. The van der Waals surface area contributed by atoms with E-state index in [1.807, 2.05) is 0 Å². The highest BCUT2D eigenvalue weighted by molar-refractivity contribution is 5.34. The van der Waals surface area contributed by atoms with E-state index in [-0.39, 0.29) is 0 Å². The lowest BCUT2D eigenvalue weighted by Crippen LogP contribution is -2.41. The maximum atomic E-state index is 3.87. The highest BCUT2D eigenvalue weighted by atomic mass is 14.9. The van der Waals surface area contributed by atoms with Crippen LogP contribution in [0.4, 0.5) is 0 Å².